The van der Waals surface area contributed by atoms with Crippen LogP contribution in [0.4, 0.5) is 0 Å². The van der Waals surface area contributed by atoms with Crippen molar-refractivity contribution in [3.63, 3.8) is 0 Å². The van der Waals surface area contributed by atoms with Crippen LogP contribution >= 0.6 is 28.1 Å². The maximum Gasteiger partial charge on any atom is 0.156 e. The Kier molecular flexibility index (Phi) is 7.94. The Labute approximate surface area is 93.2 Å². The Morgan fingerprint density at radius 1 is 1.38 bits per heavy atom. The van der Waals surface area contributed by atoms with Crippen molar-refractivity contribution in [3.05, 3.63) is 34.8 Å². The smallest absolute Gasteiger partial charge is 0.156 e. The fourth-order valence-electron chi connectivity index (χ4n) is 0.618. The number of benzene rings is 1. The van der Waals surface area contributed by atoms with E-state index in [9.17, 15) is 0 Å². The summed E-state index contributed by atoms with van der Waals surface area (Å²) in [7, 11) is 0. The largest absolute Gasteiger partial charge is 0.488 e. The number of ether oxygens (including phenoxy) is 1. The van der Waals surface area contributed by atoms with Gasteiger partial charge in [-0.2, -0.15) is 0 Å². The topological polar surface area (TPSA) is 9.23 Å². The third kappa shape index (κ3) is 9.50. The highest BCUT2D eigenvalue weighted by atomic mass is 79.9. The molecule has 0 amide bonds. The molecule has 72 valence electrons. The van der Waals surface area contributed by atoms with Crippen molar-refractivity contribution in [2.45, 2.75) is 13.8 Å². The molecule has 0 bridgehead atoms. The zero-order valence-corrected chi connectivity index (χ0v) is 10.2. The lowest BCUT2D eigenvalue weighted by molar-refractivity contribution is 0.334. The molecule has 0 aliphatic heterocycles. The molecule has 13 heavy (non-hydrogen) atoms. The quantitative estimate of drug-likeness (QED) is 0.711. The lowest BCUT2D eigenvalue weighted by Gasteiger charge is -1.93. The first kappa shape index (κ1) is 12.6. The molecule has 3 heteroatoms. The van der Waals surface area contributed by atoms with Gasteiger partial charge < -0.3 is 4.74 Å². The van der Waals surface area contributed by atoms with E-state index in [0.717, 1.165) is 4.47 Å². The minimum Gasteiger partial charge on any atom is -0.488 e. The first-order chi connectivity index (χ1) is 6.16. The number of hydrogen-bond donors (Lipinski definition) is 0. The van der Waals surface area contributed by atoms with E-state index in [4.69, 9.17) is 4.74 Å². The molecule has 0 unspecified atom stereocenters. The van der Waals surface area contributed by atoms with Crippen LogP contribution in [-0.4, -0.2) is 11.7 Å². The van der Waals surface area contributed by atoms with E-state index < -0.39 is 0 Å². The molecule has 0 radical (unpaired) electrons. The molecule has 0 fully saturated rings. The van der Waals surface area contributed by atoms with Gasteiger partial charge in [0, 0.05) is 11.4 Å². The molecule has 0 heterocycles. The molecular formula is C10H13BrOS. The first-order valence-electron chi connectivity index (χ1n) is 4.00. The summed E-state index contributed by atoms with van der Waals surface area (Å²) in [6.07, 6.45) is 0. The second-order valence-corrected chi connectivity index (χ2v) is 3.71. The van der Waals surface area contributed by atoms with Crippen LogP contribution in [0.5, 0.6) is 0 Å². The Hall–Kier alpha value is -0.410. The molecule has 1 aromatic rings. The van der Waals surface area contributed by atoms with Gasteiger partial charge in [-0.1, -0.05) is 34.1 Å². The van der Waals surface area contributed by atoms with Gasteiger partial charge in [0.25, 0.3) is 0 Å². The zero-order valence-electron chi connectivity index (χ0n) is 7.79. The Morgan fingerprint density at radius 2 is 1.92 bits per heavy atom. The fraction of sp³-hybridized carbons (Fsp3) is 0.300. The summed E-state index contributed by atoms with van der Waals surface area (Å²) in [5.41, 5.74) is 0. The van der Waals surface area contributed by atoms with Gasteiger partial charge in [0.15, 0.2) is 5.05 Å². The van der Waals surface area contributed by atoms with Crippen LogP contribution in [-0.2, 0) is 4.74 Å². The van der Waals surface area contributed by atoms with Gasteiger partial charge in [-0.25, -0.2) is 0 Å². The number of thiocarbonyl (C=S) groups is 1. The Bertz CT molecular complexity index is 236. The Balaban J connectivity index is 0.000000226. The van der Waals surface area contributed by atoms with Gasteiger partial charge in [0.1, 0.15) is 0 Å². The summed E-state index contributed by atoms with van der Waals surface area (Å²) in [5.74, 6) is 0. The molecule has 0 saturated carbocycles. The lowest BCUT2D eigenvalue weighted by Crippen LogP contribution is -1.92. The molecule has 1 nitrogen and oxygen atoms in total. The molecule has 0 aliphatic carbocycles. The van der Waals surface area contributed by atoms with Gasteiger partial charge in [-0.15, -0.1) is 0 Å². The predicted molar refractivity (Wildman–Crippen MR) is 64.0 cm³/mol. The average Bonchev–Trinajstić information content (AvgIpc) is 2.06. The fourth-order valence-corrected chi connectivity index (χ4v) is 1.04. The first-order valence-corrected chi connectivity index (χ1v) is 5.20. The van der Waals surface area contributed by atoms with Gasteiger partial charge >= 0.3 is 0 Å². The zero-order chi connectivity index (χ0) is 10.1. The van der Waals surface area contributed by atoms with Crippen molar-refractivity contribution in [2.24, 2.45) is 0 Å². The second-order valence-electron chi connectivity index (χ2n) is 2.22. The van der Waals surface area contributed by atoms with Crippen molar-refractivity contribution in [2.75, 3.05) is 6.61 Å². The van der Waals surface area contributed by atoms with Crippen LogP contribution in [0.3, 0.4) is 0 Å². The van der Waals surface area contributed by atoms with Gasteiger partial charge in [0.05, 0.1) is 6.61 Å². The minimum absolute atomic E-state index is 0.623. The maximum atomic E-state index is 4.77. The summed E-state index contributed by atoms with van der Waals surface area (Å²) in [6, 6.07) is 9.97. The van der Waals surface area contributed by atoms with Crippen LogP contribution in [0.15, 0.2) is 34.8 Å². The third-order valence-electron chi connectivity index (χ3n) is 1.08. The van der Waals surface area contributed by atoms with Gasteiger partial charge in [0.2, 0.25) is 0 Å². The third-order valence-corrected chi connectivity index (χ3v) is 1.73. The van der Waals surface area contributed by atoms with Crippen LogP contribution < -0.4 is 0 Å². The van der Waals surface area contributed by atoms with E-state index in [0.29, 0.717) is 11.7 Å². The molecule has 0 aliphatic rings. The van der Waals surface area contributed by atoms with Crippen LogP contribution in [0.2, 0.25) is 0 Å². The molecule has 0 N–H and O–H groups in total. The van der Waals surface area contributed by atoms with E-state index in [2.05, 4.69) is 28.1 Å². The van der Waals surface area contributed by atoms with Crippen molar-refractivity contribution in [1.29, 1.82) is 0 Å². The summed E-state index contributed by atoms with van der Waals surface area (Å²) in [5, 5.41) is 0.623. The highest BCUT2D eigenvalue weighted by Gasteiger charge is 1.76. The molecule has 1 aromatic carbocycles. The van der Waals surface area contributed by atoms with Crippen molar-refractivity contribution >= 4 is 33.2 Å². The molecule has 0 aromatic heterocycles. The number of halogens is 1. The number of rotatable bonds is 1. The minimum atomic E-state index is 0.623. The monoisotopic (exact) mass is 260 g/mol. The van der Waals surface area contributed by atoms with Gasteiger partial charge in [-0.05, 0) is 31.3 Å². The van der Waals surface area contributed by atoms with E-state index >= 15 is 0 Å². The average molecular weight is 261 g/mol. The summed E-state index contributed by atoms with van der Waals surface area (Å²) < 4.78 is 5.91. The normalized spacial score (nSPS) is 8.23. The van der Waals surface area contributed by atoms with E-state index in [1.807, 2.05) is 37.3 Å². The highest BCUT2D eigenvalue weighted by molar-refractivity contribution is 9.10. The summed E-state index contributed by atoms with van der Waals surface area (Å²) >= 11 is 7.88. The lowest BCUT2D eigenvalue weighted by atomic mass is 10.4. The summed E-state index contributed by atoms with van der Waals surface area (Å²) in [4.78, 5) is 0. The number of hydrogen-bond acceptors (Lipinski definition) is 2. The standard InChI is InChI=1S/C6H5Br.C4H8OS/c7-6-4-2-1-3-5-6;1-3-5-4(2)6/h1-5H;3H2,1-2H3. The van der Waals surface area contributed by atoms with E-state index in [1.165, 1.54) is 0 Å². The van der Waals surface area contributed by atoms with Crippen molar-refractivity contribution in [1.82, 2.24) is 0 Å². The van der Waals surface area contributed by atoms with Crippen LogP contribution in [0, 0.1) is 0 Å². The molecule has 0 atom stereocenters. The SMILES string of the molecule is Brc1ccccc1.CCOC(C)=S. The van der Waals surface area contributed by atoms with Crippen molar-refractivity contribution < 1.29 is 4.74 Å². The Morgan fingerprint density at radius 3 is 2.08 bits per heavy atom. The van der Waals surface area contributed by atoms with Crippen LogP contribution in [0.1, 0.15) is 13.8 Å². The molecule has 0 saturated heterocycles. The maximum absolute atomic E-state index is 4.77. The predicted octanol–water partition coefficient (Wildman–Crippen LogP) is 3.82. The second kappa shape index (κ2) is 8.20. The molecule has 1 rings (SSSR count). The molecule has 0 spiro atoms. The van der Waals surface area contributed by atoms with Gasteiger partial charge in [-0.3, -0.25) is 0 Å². The van der Waals surface area contributed by atoms with Crippen molar-refractivity contribution in [3.8, 4) is 0 Å². The molecular weight excluding hydrogens is 248 g/mol. The highest BCUT2D eigenvalue weighted by Crippen LogP contribution is 2.05. The van der Waals surface area contributed by atoms with E-state index in [1.54, 1.807) is 6.92 Å². The summed E-state index contributed by atoms with van der Waals surface area (Å²) in [6.45, 7) is 4.37. The van der Waals surface area contributed by atoms with Crippen LogP contribution in [0.25, 0.3) is 0 Å². The van der Waals surface area contributed by atoms with E-state index in [-0.39, 0.29) is 0 Å².